The Morgan fingerprint density at radius 1 is 1.24 bits per heavy atom. The summed E-state index contributed by atoms with van der Waals surface area (Å²) in [6, 6.07) is 6.58. The number of aromatic nitrogens is 2. The van der Waals surface area contributed by atoms with E-state index in [1.54, 1.807) is 44.4 Å². The molecule has 6 nitrogen and oxygen atoms in total. The van der Waals surface area contributed by atoms with Crippen molar-refractivity contribution in [3.8, 4) is 11.5 Å². The van der Waals surface area contributed by atoms with Gasteiger partial charge in [-0.05, 0) is 38.1 Å². The molecule has 0 bridgehead atoms. The lowest BCUT2D eigenvalue weighted by atomic mass is 10.3. The Labute approximate surface area is 157 Å². The third kappa shape index (κ3) is 4.36. The number of nitrogens with zero attached hydrogens (tertiary/aromatic N) is 2. The Kier molecular flexibility index (Phi) is 5.36. The molecule has 3 aromatic rings. The predicted octanol–water partition coefficient (Wildman–Crippen LogP) is 5.06. The molecule has 3 rings (SSSR count). The molecule has 2 aromatic heterocycles. The molecule has 0 spiro atoms. The van der Waals surface area contributed by atoms with E-state index in [0.717, 1.165) is 17.3 Å². The van der Waals surface area contributed by atoms with Crippen LogP contribution in [0.2, 0.25) is 10.0 Å². The summed E-state index contributed by atoms with van der Waals surface area (Å²) >= 11 is 13.0. The molecule has 9 heteroatoms. The minimum absolute atomic E-state index is 0.234. The lowest BCUT2D eigenvalue weighted by molar-refractivity contribution is -0.115. The number of hydrogen-bond donors (Lipinski definition) is 1. The molecule has 25 heavy (non-hydrogen) atoms. The number of anilines is 1. The van der Waals surface area contributed by atoms with Crippen LogP contribution in [-0.4, -0.2) is 21.4 Å². The fourth-order valence-electron chi connectivity index (χ4n) is 2.05. The van der Waals surface area contributed by atoms with Gasteiger partial charge in [0.25, 0.3) is 11.1 Å². The summed E-state index contributed by atoms with van der Waals surface area (Å²) in [5.74, 6) is 0.800. The number of halogens is 2. The van der Waals surface area contributed by atoms with Gasteiger partial charge in [-0.25, -0.2) is 0 Å². The third-order valence-corrected chi connectivity index (χ3v) is 4.64. The van der Waals surface area contributed by atoms with E-state index in [-0.39, 0.29) is 5.91 Å². The van der Waals surface area contributed by atoms with Gasteiger partial charge in [0.15, 0.2) is 0 Å². The lowest BCUT2D eigenvalue weighted by Gasteiger charge is -2.10. The highest BCUT2D eigenvalue weighted by atomic mass is 35.5. The molecule has 1 N–H and O–H groups in total. The number of furan rings is 1. The van der Waals surface area contributed by atoms with Gasteiger partial charge in [0.05, 0.1) is 17.1 Å². The van der Waals surface area contributed by atoms with Crippen molar-refractivity contribution in [2.75, 3.05) is 5.32 Å². The minimum atomic E-state index is -0.462. The second kappa shape index (κ2) is 7.51. The summed E-state index contributed by atoms with van der Waals surface area (Å²) in [7, 11) is 0. The molecular weight excluding hydrogens is 385 g/mol. The number of nitrogens with one attached hydrogen (secondary N) is 1. The molecule has 0 radical (unpaired) electrons. The second-order valence-electron chi connectivity index (χ2n) is 5.17. The molecule has 2 heterocycles. The van der Waals surface area contributed by atoms with Crippen molar-refractivity contribution < 1.29 is 13.6 Å². The van der Waals surface area contributed by atoms with Gasteiger partial charge in [-0.2, -0.15) is 0 Å². The Hall–Kier alpha value is -1.96. The third-order valence-electron chi connectivity index (χ3n) is 3.27. The van der Waals surface area contributed by atoms with Crippen LogP contribution in [0, 0.1) is 6.92 Å². The average Bonchev–Trinajstić information content (AvgIpc) is 3.14. The van der Waals surface area contributed by atoms with Gasteiger partial charge in [-0.1, -0.05) is 35.0 Å². The fraction of sp³-hybridized carbons (Fsp3) is 0.188. The predicted molar refractivity (Wildman–Crippen MR) is 97.1 cm³/mol. The number of benzene rings is 1. The van der Waals surface area contributed by atoms with E-state index in [2.05, 4.69) is 15.5 Å². The van der Waals surface area contributed by atoms with Crippen LogP contribution in [0.5, 0.6) is 0 Å². The zero-order valence-corrected chi connectivity index (χ0v) is 15.6. The minimum Gasteiger partial charge on any atom is -0.469 e. The smallest absolute Gasteiger partial charge is 0.277 e. The monoisotopic (exact) mass is 397 g/mol. The van der Waals surface area contributed by atoms with Crippen LogP contribution in [0.3, 0.4) is 0 Å². The van der Waals surface area contributed by atoms with Crippen LogP contribution in [0.1, 0.15) is 12.7 Å². The molecule has 0 saturated heterocycles. The van der Waals surface area contributed by atoms with Gasteiger partial charge in [0, 0.05) is 15.7 Å². The van der Waals surface area contributed by atoms with Crippen LogP contribution in [0.15, 0.2) is 44.6 Å². The standard InChI is InChI=1S/C16H13Cl2N3O3S/c1-8-13(3-4-23-8)15-20-21-16(24-15)25-9(2)14(22)19-12-6-10(17)5-11(18)7-12/h3-7,9H,1-2H3,(H,19,22)/t9-/m0/s1. The lowest BCUT2D eigenvalue weighted by Crippen LogP contribution is -2.22. The Morgan fingerprint density at radius 2 is 1.96 bits per heavy atom. The molecular formula is C16H13Cl2N3O3S. The first-order valence-corrected chi connectivity index (χ1v) is 8.87. The first-order valence-electron chi connectivity index (χ1n) is 7.24. The Bertz CT molecular complexity index is 889. The maximum atomic E-state index is 12.3. The van der Waals surface area contributed by atoms with Crippen LogP contribution in [-0.2, 0) is 4.79 Å². The molecule has 1 aromatic carbocycles. The van der Waals surface area contributed by atoms with Crippen molar-refractivity contribution in [1.29, 1.82) is 0 Å². The first kappa shape index (κ1) is 17.8. The van der Waals surface area contributed by atoms with Gasteiger partial charge < -0.3 is 14.2 Å². The summed E-state index contributed by atoms with van der Waals surface area (Å²) < 4.78 is 10.8. The van der Waals surface area contributed by atoms with E-state index in [1.807, 2.05) is 0 Å². The Balaban J connectivity index is 1.65. The van der Waals surface area contributed by atoms with E-state index in [1.165, 1.54) is 0 Å². The van der Waals surface area contributed by atoms with Crippen molar-refractivity contribution in [1.82, 2.24) is 10.2 Å². The quantitative estimate of drug-likeness (QED) is 0.605. The van der Waals surface area contributed by atoms with Gasteiger partial charge in [0.1, 0.15) is 5.76 Å². The highest BCUT2D eigenvalue weighted by molar-refractivity contribution is 8.00. The van der Waals surface area contributed by atoms with Gasteiger partial charge in [-0.15, -0.1) is 10.2 Å². The number of carbonyl (C=O) groups excluding carboxylic acids is 1. The Morgan fingerprint density at radius 3 is 2.60 bits per heavy atom. The van der Waals surface area contributed by atoms with E-state index >= 15 is 0 Å². The SMILES string of the molecule is Cc1occc1-c1nnc(S[C@@H](C)C(=O)Nc2cc(Cl)cc(Cl)c2)o1. The molecule has 130 valence electrons. The van der Waals surface area contributed by atoms with E-state index in [0.29, 0.717) is 32.6 Å². The molecule has 0 aliphatic rings. The zero-order chi connectivity index (χ0) is 18.0. The summed E-state index contributed by atoms with van der Waals surface area (Å²) in [5, 5.41) is 11.4. The fourth-order valence-corrected chi connectivity index (χ4v) is 3.26. The number of amides is 1. The van der Waals surface area contributed by atoms with Gasteiger partial charge in [0.2, 0.25) is 5.91 Å². The van der Waals surface area contributed by atoms with Crippen molar-refractivity contribution in [2.24, 2.45) is 0 Å². The molecule has 1 amide bonds. The van der Waals surface area contributed by atoms with Crippen molar-refractivity contribution in [3.63, 3.8) is 0 Å². The number of aryl methyl sites for hydroxylation is 1. The van der Waals surface area contributed by atoms with Crippen molar-refractivity contribution >= 4 is 46.6 Å². The second-order valence-corrected chi connectivity index (χ2v) is 7.34. The highest BCUT2D eigenvalue weighted by Gasteiger charge is 2.20. The summed E-state index contributed by atoms with van der Waals surface area (Å²) in [5.41, 5.74) is 1.25. The number of hydrogen-bond acceptors (Lipinski definition) is 6. The largest absolute Gasteiger partial charge is 0.469 e. The summed E-state index contributed by atoms with van der Waals surface area (Å²) in [6.45, 7) is 3.54. The maximum Gasteiger partial charge on any atom is 0.277 e. The van der Waals surface area contributed by atoms with Gasteiger partial charge in [-0.3, -0.25) is 4.79 Å². The normalized spacial score (nSPS) is 12.2. The summed E-state index contributed by atoms with van der Waals surface area (Å²) in [6.07, 6.45) is 1.55. The molecule has 0 fully saturated rings. The molecule has 0 saturated carbocycles. The number of rotatable bonds is 5. The van der Waals surface area contributed by atoms with Crippen LogP contribution in [0.25, 0.3) is 11.5 Å². The highest BCUT2D eigenvalue weighted by Crippen LogP contribution is 2.29. The van der Waals surface area contributed by atoms with Crippen LogP contribution >= 0.6 is 35.0 Å². The molecule has 0 unspecified atom stereocenters. The van der Waals surface area contributed by atoms with Crippen molar-refractivity contribution in [2.45, 2.75) is 24.3 Å². The number of carbonyl (C=O) groups is 1. The molecule has 0 aliphatic heterocycles. The maximum absolute atomic E-state index is 12.3. The average molecular weight is 398 g/mol. The zero-order valence-electron chi connectivity index (χ0n) is 13.2. The van der Waals surface area contributed by atoms with Crippen LogP contribution in [0.4, 0.5) is 5.69 Å². The van der Waals surface area contributed by atoms with E-state index < -0.39 is 5.25 Å². The van der Waals surface area contributed by atoms with Crippen LogP contribution < -0.4 is 5.32 Å². The molecule has 1 atom stereocenters. The van der Waals surface area contributed by atoms with Crippen molar-refractivity contribution in [3.05, 3.63) is 46.3 Å². The first-order chi connectivity index (χ1) is 11.9. The summed E-state index contributed by atoms with van der Waals surface area (Å²) in [4.78, 5) is 12.3. The van der Waals surface area contributed by atoms with E-state index in [9.17, 15) is 4.79 Å². The topological polar surface area (TPSA) is 81.2 Å². The molecule has 0 aliphatic carbocycles. The van der Waals surface area contributed by atoms with Gasteiger partial charge >= 0.3 is 0 Å². The van der Waals surface area contributed by atoms with E-state index in [4.69, 9.17) is 32.0 Å². The number of thioether (sulfide) groups is 1.